The van der Waals surface area contributed by atoms with Crippen LogP contribution in [0.15, 0.2) is 34.8 Å². The van der Waals surface area contributed by atoms with Gasteiger partial charge in [0.2, 0.25) is 0 Å². The van der Waals surface area contributed by atoms with E-state index < -0.39 is 0 Å². The quantitative estimate of drug-likeness (QED) is 0.871. The lowest BCUT2D eigenvalue weighted by molar-refractivity contribution is -0.118. The van der Waals surface area contributed by atoms with Gasteiger partial charge in [0.15, 0.2) is 0 Å². The Morgan fingerprint density at radius 1 is 1.38 bits per heavy atom. The van der Waals surface area contributed by atoms with E-state index in [9.17, 15) is 4.79 Å². The van der Waals surface area contributed by atoms with Gasteiger partial charge in [0.1, 0.15) is 5.78 Å². The molecule has 1 atom stereocenters. The molecule has 4 nitrogen and oxygen atoms in total. The third-order valence-electron chi connectivity index (χ3n) is 3.59. The molecular weight excluding hydrogens is 330 g/mol. The Kier molecular flexibility index (Phi) is 5.31. The normalized spacial score (nSPS) is 12.4. The van der Waals surface area contributed by atoms with Gasteiger partial charge < -0.3 is 5.73 Å². The van der Waals surface area contributed by atoms with Crippen molar-refractivity contribution in [3.8, 4) is 0 Å². The number of halogens is 1. The molecule has 0 fully saturated rings. The molecule has 0 spiro atoms. The molecule has 1 aromatic heterocycles. The van der Waals surface area contributed by atoms with Crippen molar-refractivity contribution in [2.75, 3.05) is 0 Å². The average molecular weight is 350 g/mol. The van der Waals surface area contributed by atoms with Crippen LogP contribution < -0.4 is 5.73 Å². The van der Waals surface area contributed by atoms with Gasteiger partial charge in [0.05, 0.1) is 15.9 Å². The highest BCUT2D eigenvalue weighted by molar-refractivity contribution is 9.10. The van der Waals surface area contributed by atoms with Crippen molar-refractivity contribution in [3.05, 3.63) is 51.8 Å². The number of hydrogen-bond donors (Lipinski definition) is 1. The van der Waals surface area contributed by atoms with E-state index in [0.717, 1.165) is 21.4 Å². The third-order valence-corrected chi connectivity index (χ3v) is 4.62. The number of carbonyl (C=O) groups is 1. The number of Topliss-reactive ketones (excluding diaryl/α,β-unsaturated/α-hetero) is 1. The van der Waals surface area contributed by atoms with Crippen LogP contribution in [0.2, 0.25) is 0 Å². The lowest BCUT2D eigenvalue weighted by atomic mass is 10.0. The van der Waals surface area contributed by atoms with Crippen molar-refractivity contribution in [1.29, 1.82) is 0 Å². The van der Waals surface area contributed by atoms with Gasteiger partial charge in [0, 0.05) is 25.9 Å². The third kappa shape index (κ3) is 4.02. The molecule has 1 heterocycles. The Morgan fingerprint density at radius 2 is 2.05 bits per heavy atom. The number of aromatic nitrogens is 2. The zero-order chi connectivity index (χ0) is 15.4. The second-order valence-corrected chi connectivity index (χ2v) is 6.03. The molecule has 0 saturated heterocycles. The second kappa shape index (κ2) is 7.00. The van der Waals surface area contributed by atoms with E-state index in [2.05, 4.69) is 21.0 Å². The number of aryl methyl sites for hydroxylation is 2. The summed E-state index contributed by atoms with van der Waals surface area (Å²) in [5, 5.41) is 4.30. The first-order chi connectivity index (χ1) is 9.99. The minimum atomic E-state index is -0.0909. The Balaban J connectivity index is 1.91. The fourth-order valence-corrected chi connectivity index (χ4v) is 2.81. The molecule has 0 aliphatic rings. The maximum atomic E-state index is 12.1. The minimum absolute atomic E-state index is 0.0909. The predicted molar refractivity (Wildman–Crippen MR) is 87.0 cm³/mol. The van der Waals surface area contributed by atoms with E-state index in [1.54, 1.807) is 4.68 Å². The van der Waals surface area contributed by atoms with Crippen molar-refractivity contribution in [3.63, 3.8) is 0 Å². The van der Waals surface area contributed by atoms with Gasteiger partial charge in [-0.2, -0.15) is 5.10 Å². The first-order valence-corrected chi connectivity index (χ1v) is 7.78. The highest BCUT2D eigenvalue weighted by atomic mass is 79.9. The first kappa shape index (κ1) is 15.9. The molecule has 1 aromatic carbocycles. The molecule has 0 aliphatic heterocycles. The second-order valence-electron chi connectivity index (χ2n) is 5.24. The lowest BCUT2D eigenvalue weighted by Gasteiger charge is -2.11. The highest BCUT2D eigenvalue weighted by Crippen LogP contribution is 2.22. The molecular formula is C16H20BrN3O. The van der Waals surface area contributed by atoms with Crippen molar-refractivity contribution in [2.45, 2.75) is 32.2 Å². The Hall–Kier alpha value is -1.46. The van der Waals surface area contributed by atoms with E-state index in [0.29, 0.717) is 19.3 Å². The fraction of sp³-hybridized carbons (Fsp3) is 0.375. The largest absolute Gasteiger partial charge is 0.324 e. The summed E-state index contributed by atoms with van der Waals surface area (Å²) in [6.07, 6.45) is 1.53. The smallest absolute Gasteiger partial charge is 0.138 e. The van der Waals surface area contributed by atoms with E-state index in [4.69, 9.17) is 5.73 Å². The molecule has 0 saturated carbocycles. The molecule has 0 bridgehead atoms. The van der Waals surface area contributed by atoms with Gasteiger partial charge >= 0.3 is 0 Å². The molecule has 21 heavy (non-hydrogen) atoms. The van der Waals surface area contributed by atoms with Crippen molar-refractivity contribution in [2.24, 2.45) is 12.8 Å². The van der Waals surface area contributed by atoms with Crippen LogP contribution in [0.25, 0.3) is 0 Å². The van der Waals surface area contributed by atoms with Crippen LogP contribution in [-0.4, -0.2) is 15.6 Å². The van der Waals surface area contributed by atoms with Crippen molar-refractivity contribution >= 4 is 21.7 Å². The highest BCUT2D eigenvalue weighted by Gasteiger charge is 2.15. The summed E-state index contributed by atoms with van der Waals surface area (Å²) in [7, 11) is 1.86. The van der Waals surface area contributed by atoms with Gasteiger partial charge in [-0.1, -0.05) is 30.3 Å². The fourth-order valence-electron chi connectivity index (χ4n) is 2.33. The maximum absolute atomic E-state index is 12.1. The number of benzene rings is 1. The van der Waals surface area contributed by atoms with E-state index in [1.807, 2.05) is 44.3 Å². The molecule has 5 heteroatoms. The number of ketones is 1. The SMILES string of the molecule is Cc1nn(C)c(CC(=O)CCC(N)c2ccccc2)c1Br. The minimum Gasteiger partial charge on any atom is -0.324 e. The van der Waals surface area contributed by atoms with E-state index >= 15 is 0 Å². The van der Waals surface area contributed by atoms with Gasteiger partial charge in [-0.25, -0.2) is 0 Å². The Bertz CT molecular complexity index is 622. The van der Waals surface area contributed by atoms with Crippen LogP contribution >= 0.6 is 15.9 Å². The van der Waals surface area contributed by atoms with Crippen LogP contribution in [0.5, 0.6) is 0 Å². The standard InChI is InChI=1S/C16H20BrN3O/c1-11-16(17)15(20(2)19-11)10-13(21)8-9-14(18)12-6-4-3-5-7-12/h3-7,14H,8-10,18H2,1-2H3. The number of rotatable bonds is 6. The number of nitrogens with two attached hydrogens (primary N) is 1. The summed E-state index contributed by atoms with van der Waals surface area (Å²) >= 11 is 3.49. The molecule has 2 aromatic rings. The number of nitrogens with zero attached hydrogens (tertiary/aromatic N) is 2. The Morgan fingerprint density at radius 3 is 2.62 bits per heavy atom. The van der Waals surface area contributed by atoms with Crippen LogP contribution in [0.3, 0.4) is 0 Å². The molecule has 1 unspecified atom stereocenters. The lowest BCUT2D eigenvalue weighted by Crippen LogP contribution is -2.14. The van der Waals surface area contributed by atoms with Crippen LogP contribution in [0.1, 0.15) is 35.8 Å². The van der Waals surface area contributed by atoms with Gasteiger partial charge in [-0.05, 0) is 34.8 Å². The summed E-state index contributed by atoms with van der Waals surface area (Å²) in [4.78, 5) is 12.1. The monoisotopic (exact) mass is 349 g/mol. The molecule has 2 N–H and O–H groups in total. The number of carbonyl (C=O) groups excluding carboxylic acids is 1. The summed E-state index contributed by atoms with van der Waals surface area (Å²) in [6.45, 7) is 1.92. The molecule has 0 radical (unpaired) electrons. The Labute approximate surface area is 133 Å². The predicted octanol–water partition coefficient (Wildman–Crippen LogP) is 3.08. The van der Waals surface area contributed by atoms with E-state index in [1.165, 1.54) is 0 Å². The topological polar surface area (TPSA) is 60.9 Å². The van der Waals surface area contributed by atoms with Crippen LogP contribution in [0, 0.1) is 6.92 Å². The van der Waals surface area contributed by atoms with Crippen molar-refractivity contribution in [1.82, 2.24) is 9.78 Å². The average Bonchev–Trinajstić information content (AvgIpc) is 2.72. The van der Waals surface area contributed by atoms with E-state index in [-0.39, 0.29) is 11.8 Å². The summed E-state index contributed by atoms with van der Waals surface area (Å²) in [5.41, 5.74) is 9.02. The van der Waals surface area contributed by atoms with Gasteiger partial charge in [0.25, 0.3) is 0 Å². The molecule has 0 aliphatic carbocycles. The van der Waals surface area contributed by atoms with Crippen LogP contribution in [0.4, 0.5) is 0 Å². The van der Waals surface area contributed by atoms with Crippen LogP contribution in [-0.2, 0) is 18.3 Å². The first-order valence-electron chi connectivity index (χ1n) is 6.99. The molecule has 0 amide bonds. The summed E-state index contributed by atoms with van der Waals surface area (Å²) in [5.74, 6) is 0.185. The summed E-state index contributed by atoms with van der Waals surface area (Å²) in [6, 6.07) is 9.79. The summed E-state index contributed by atoms with van der Waals surface area (Å²) < 4.78 is 2.68. The van der Waals surface area contributed by atoms with Gasteiger partial charge in [-0.15, -0.1) is 0 Å². The molecule has 2 rings (SSSR count). The van der Waals surface area contributed by atoms with Gasteiger partial charge in [-0.3, -0.25) is 9.48 Å². The maximum Gasteiger partial charge on any atom is 0.138 e. The van der Waals surface area contributed by atoms with Crippen molar-refractivity contribution < 1.29 is 4.79 Å². The number of hydrogen-bond acceptors (Lipinski definition) is 3. The molecule has 112 valence electrons. The zero-order valence-electron chi connectivity index (χ0n) is 12.3. The zero-order valence-corrected chi connectivity index (χ0v) is 13.9.